The van der Waals surface area contributed by atoms with Crippen LogP contribution in [0.15, 0.2) is 0 Å². The molecule has 122 valence electrons. The average Bonchev–Trinajstić information content (AvgIpc) is 2.96. The zero-order valence-electron chi connectivity index (χ0n) is 11.7. The third-order valence-electron chi connectivity index (χ3n) is 2.77. The predicted octanol–water partition coefficient (Wildman–Crippen LogP) is -0.318. The molecule has 1 saturated heterocycles. The molecule has 0 saturated carbocycles. The molecular weight excluding hydrogens is 316 g/mol. The molecule has 11 nitrogen and oxygen atoms in total. The van der Waals surface area contributed by atoms with E-state index in [4.69, 9.17) is 0 Å². The lowest BCUT2D eigenvalue weighted by Gasteiger charge is -2.10. The minimum absolute atomic E-state index is 0.00477. The Morgan fingerprint density at radius 1 is 1.41 bits per heavy atom. The summed E-state index contributed by atoms with van der Waals surface area (Å²) < 4.78 is 27.2. The Kier molecular flexibility index (Phi) is 4.80. The van der Waals surface area contributed by atoms with Crippen molar-refractivity contribution in [1.82, 2.24) is 20.5 Å². The summed E-state index contributed by atoms with van der Waals surface area (Å²) >= 11 is 0. The summed E-state index contributed by atoms with van der Waals surface area (Å²) in [6, 6.07) is -1.04. The molecule has 2 heterocycles. The summed E-state index contributed by atoms with van der Waals surface area (Å²) in [7, 11) is -3.07. The number of carbonyl (C=O) groups excluding carboxylic acids is 2. The number of carbonyl (C=O) groups is 2. The number of urea groups is 1. The molecule has 1 fully saturated rings. The number of anilines is 2. The van der Waals surface area contributed by atoms with Gasteiger partial charge in [0, 0.05) is 6.04 Å². The number of ether oxygens (including phenoxy) is 1. The van der Waals surface area contributed by atoms with Crippen LogP contribution < -0.4 is 16.0 Å². The molecule has 22 heavy (non-hydrogen) atoms. The number of nitrogens with zero attached hydrogens (tertiary/aromatic N) is 2. The molecule has 1 unspecified atom stereocenters. The van der Waals surface area contributed by atoms with Crippen molar-refractivity contribution in [1.29, 1.82) is 0 Å². The van der Waals surface area contributed by atoms with Crippen molar-refractivity contribution in [2.75, 3.05) is 28.7 Å². The number of nitrogens with one attached hydrogen (secondary N) is 4. The Morgan fingerprint density at radius 2 is 2.18 bits per heavy atom. The van der Waals surface area contributed by atoms with Crippen LogP contribution in [0.1, 0.15) is 13.3 Å². The fourth-order valence-corrected chi connectivity index (χ4v) is 3.54. The number of aromatic nitrogens is 3. The van der Waals surface area contributed by atoms with E-state index in [2.05, 4.69) is 35.9 Å². The summed E-state index contributed by atoms with van der Waals surface area (Å²) in [5, 5.41) is 13.2. The average molecular weight is 332 g/mol. The smallest absolute Gasteiger partial charge is 0.414 e. The van der Waals surface area contributed by atoms with Crippen LogP contribution in [0.25, 0.3) is 0 Å². The third-order valence-corrected chi connectivity index (χ3v) is 4.54. The van der Waals surface area contributed by atoms with Gasteiger partial charge in [0.15, 0.2) is 9.84 Å². The molecule has 0 bridgehead atoms. The van der Waals surface area contributed by atoms with Crippen molar-refractivity contribution < 1.29 is 22.7 Å². The summed E-state index contributed by atoms with van der Waals surface area (Å²) in [6.07, 6.45) is -0.337. The van der Waals surface area contributed by atoms with E-state index in [-0.39, 0.29) is 30.0 Å². The van der Waals surface area contributed by atoms with Crippen LogP contribution in [-0.4, -0.2) is 59.9 Å². The minimum atomic E-state index is -3.07. The first-order valence-electron chi connectivity index (χ1n) is 6.52. The van der Waals surface area contributed by atoms with Crippen LogP contribution in [-0.2, 0) is 14.6 Å². The lowest BCUT2D eigenvalue weighted by Crippen LogP contribution is -2.38. The number of hydrogen-bond donors (Lipinski definition) is 4. The van der Waals surface area contributed by atoms with E-state index in [0.717, 1.165) is 0 Å². The normalized spacial score (nSPS) is 19.4. The number of H-pyrrole nitrogens is 1. The van der Waals surface area contributed by atoms with E-state index >= 15 is 0 Å². The third kappa shape index (κ3) is 4.58. The van der Waals surface area contributed by atoms with E-state index in [1.807, 2.05) is 0 Å². The maximum absolute atomic E-state index is 11.7. The van der Waals surface area contributed by atoms with Gasteiger partial charge in [-0.2, -0.15) is 4.98 Å². The van der Waals surface area contributed by atoms with Gasteiger partial charge in [-0.15, -0.1) is 5.10 Å². The van der Waals surface area contributed by atoms with Gasteiger partial charge in [0.1, 0.15) is 0 Å². The highest BCUT2D eigenvalue weighted by Gasteiger charge is 2.29. The van der Waals surface area contributed by atoms with E-state index in [9.17, 15) is 18.0 Å². The van der Waals surface area contributed by atoms with Gasteiger partial charge in [-0.25, -0.2) is 23.1 Å². The highest BCUT2D eigenvalue weighted by Crippen LogP contribution is 2.11. The molecule has 1 atom stereocenters. The molecule has 1 aliphatic rings. The van der Waals surface area contributed by atoms with Gasteiger partial charge in [0.2, 0.25) is 5.95 Å². The monoisotopic (exact) mass is 332 g/mol. The molecule has 0 spiro atoms. The standard InChI is InChI=1S/C10H16N6O5S/c1-2-21-10(18)14-8-12-7(15-16-8)13-9(17)11-6-3-4-22(19,20)5-6/h6H,2-5H2,1H3,(H4,11,12,13,14,15,16,17,18). The predicted molar refractivity (Wildman–Crippen MR) is 76.2 cm³/mol. The maximum atomic E-state index is 11.7. The van der Waals surface area contributed by atoms with Crippen LogP contribution in [0.4, 0.5) is 21.5 Å². The van der Waals surface area contributed by atoms with Crippen LogP contribution in [0.3, 0.4) is 0 Å². The van der Waals surface area contributed by atoms with Gasteiger partial charge in [-0.05, 0) is 13.3 Å². The second kappa shape index (κ2) is 6.60. The quantitative estimate of drug-likeness (QED) is 0.589. The van der Waals surface area contributed by atoms with Crippen molar-refractivity contribution in [2.45, 2.75) is 19.4 Å². The summed E-state index contributed by atoms with van der Waals surface area (Å²) in [6.45, 7) is 1.85. The van der Waals surface area contributed by atoms with Gasteiger partial charge in [-0.1, -0.05) is 0 Å². The summed E-state index contributed by atoms with van der Waals surface area (Å²) in [5.41, 5.74) is 0. The molecule has 0 aromatic carbocycles. The van der Waals surface area contributed by atoms with Crippen molar-refractivity contribution >= 4 is 33.9 Å². The van der Waals surface area contributed by atoms with Gasteiger partial charge < -0.3 is 10.1 Å². The van der Waals surface area contributed by atoms with Gasteiger partial charge in [0.25, 0.3) is 5.95 Å². The zero-order chi connectivity index (χ0) is 16.2. The Labute approximate surface area is 126 Å². The van der Waals surface area contributed by atoms with Crippen LogP contribution in [0.2, 0.25) is 0 Å². The van der Waals surface area contributed by atoms with Crippen molar-refractivity contribution in [2.24, 2.45) is 0 Å². The number of aromatic amines is 1. The van der Waals surface area contributed by atoms with E-state index in [1.165, 1.54) is 0 Å². The second-order valence-corrected chi connectivity index (χ2v) is 6.78. The first-order valence-corrected chi connectivity index (χ1v) is 8.34. The highest BCUT2D eigenvalue weighted by molar-refractivity contribution is 7.91. The first kappa shape index (κ1) is 16.0. The Hall–Kier alpha value is -2.37. The number of amides is 3. The summed E-state index contributed by atoms with van der Waals surface area (Å²) in [4.78, 5) is 26.7. The maximum Gasteiger partial charge on any atom is 0.414 e. The zero-order valence-corrected chi connectivity index (χ0v) is 12.6. The van der Waals surface area contributed by atoms with Gasteiger partial charge >= 0.3 is 12.1 Å². The Morgan fingerprint density at radius 3 is 2.82 bits per heavy atom. The number of sulfone groups is 1. The molecule has 1 aromatic rings. The van der Waals surface area contributed by atoms with Gasteiger partial charge in [0.05, 0.1) is 18.1 Å². The molecular formula is C10H16N6O5S. The van der Waals surface area contributed by atoms with E-state index in [1.54, 1.807) is 6.92 Å². The second-order valence-electron chi connectivity index (χ2n) is 4.55. The molecule has 3 amide bonds. The molecule has 1 aliphatic heterocycles. The number of hydrogen-bond acceptors (Lipinski definition) is 7. The lowest BCUT2D eigenvalue weighted by molar-refractivity contribution is 0.167. The van der Waals surface area contributed by atoms with Gasteiger partial charge in [-0.3, -0.25) is 10.6 Å². The largest absolute Gasteiger partial charge is 0.450 e. The number of rotatable bonds is 4. The molecule has 0 radical (unpaired) electrons. The van der Waals surface area contributed by atoms with Crippen LogP contribution in [0, 0.1) is 0 Å². The van der Waals surface area contributed by atoms with Crippen LogP contribution >= 0.6 is 0 Å². The molecule has 4 N–H and O–H groups in total. The van der Waals surface area contributed by atoms with Crippen molar-refractivity contribution in [3.8, 4) is 0 Å². The minimum Gasteiger partial charge on any atom is -0.450 e. The highest BCUT2D eigenvalue weighted by atomic mass is 32.2. The molecule has 12 heteroatoms. The molecule has 2 rings (SSSR count). The van der Waals surface area contributed by atoms with E-state index < -0.39 is 28.0 Å². The summed E-state index contributed by atoms with van der Waals surface area (Å²) in [5.74, 6) is -0.0669. The van der Waals surface area contributed by atoms with Crippen molar-refractivity contribution in [3.05, 3.63) is 0 Å². The molecule has 0 aliphatic carbocycles. The SMILES string of the molecule is CCOC(=O)Nc1n[nH]c(NC(=O)NC2CCS(=O)(=O)C2)n1. The van der Waals surface area contributed by atoms with Crippen LogP contribution in [0.5, 0.6) is 0 Å². The fourth-order valence-electron chi connectivity index (χ4n) is 1.87. The Bertz CT molecular complexity index is 657. The van der Waals surface area contributed by atoms with E-state index in [0.29, 0.717) is 6.42 Å². The lowest BCUT2D eigenvalue weighted by atomic mass is 10.3. The topological polar surface area (TPSA) is 155 Å². The van der Waals surface area contributed by atoms with Crippen molar-refractivity contribution in [3.63, 3.8) is 0 Å². The first-order chi connectivity index (χ1) is 10.4. The molecule has 1 aromatic heterocycles. The fraction of sp³-hybridized carbons (Fsp3) is 0.600. The Balaban J connectivity index is 1.82.